The number of nitrogens with one attached hydrogen (secondary N) is 1. The van der Waals surface area contributed by atoms with Crippen LogP contribution in [-0.4, -0.2) is 21.0 Å². The van der Waals surface area contributed by atoms with Crippen LogP contribution in [0.2, 0.25) is 5.02 Å². The molecule has 2 N–H and O–H groups in total. The van der Waals surface area contributed by atoms with Gasteiger partial charge >= 0.3 is 5.97 Å². The van der Waals surface area contributed by atoms with E-state index in [0.717, 1.165) is 5.56 Å². The van der Waals surface area contributed by atoms with Crippen molar-refractivity contribution >= 4 is 46.5 Å². The molecule has 0 fully saturated rings. The van der Waals surface area contributed by atoms with Crippen LogP contribution >= 0.6 is 23.4 Å². The molecule has 0 aliphatic heterocycles. The van der Waals surface area contributed by atoms with E-state index < -0.39 is 5.97 Å². The molecule has 1 aromatic heterocycles. The normalized spacial score (nSPS) is 10.5. The van der Waals surface area contributed by atoms with Gasteiger partial charge in [-0.25, -0.2) is 14.8 Å². The summed E-state index contributed by atoms with van der Waals surface area (Å²) >= 11 is 7.59. The fraction of sp³-hybridized carbons (Fsp3) is 0.105. The molecule has 0 aliphatic carbocycles. The number of rotatable bonds is 7. The summed E-state index contributed by atoms with van der Waals surface area (Å²) in [7, 11) is 0. The van der Waals surface area contributed by atoms with Crippen LogP contribution in [0, 0.1) is 11.8 Å². The highest BCUT2D eigenvalue weighted by Gasteiger charge is 2.13. The summed E-state index contributed by atoms with van der Waals surface area (Å²) in [6.07, 6.45) is 0. The minimum atomic E-state index is -1.13. The Balaban J connectivity index is 1.85. The minimum Gasteiger partial charge on any atom is -0.478 e. The molecule has 0 unspecified atom stereocenters. The monoisotopic (exact) mass is 414 g/mol. The highest BCUT2D eigenvalue weighted by atomic mass is 35.5. The number of hydrogen-bond acceptors (Lipinski definition) is 7. The lowest BCUT2D eigenvalue weighted by molar-refractivity contribution is 0.0698. The number of carboxylic acids is 1. The molecular formula is C19H15ClN4O3S. The second-order valence-electron chi connectivity index (χ2n) is 5.81. The lowest BCUT2D eigenvalue weighted by atomic mass is 10.1. The molecule has 0 bridgehead atoms. The number of halogens is 1. The zero-order valence-electron chi connectivity index (χ0n) is 14.7. The maximum atomic E-state index is 11.4. The maximum Gasteiger partial charge on any atom is 0.337 e. The Morgan fingerprint density at radius 2 is 2.00 bits per heavy atom. The first kappa shape index (κ1) is 19.8. The number of aryl methyl sites for hydroxylation is 1. The first-order valence-electron chi connectivity index (χ1n) is 8.16. The highest BCUT2D eigenvalue weighted by Crippen LogP contribution is 2.28. The van der Waals surface area contributed by atoms with Gasteiger partial charge < -0.3 is 10.4 Å². The fourth-order valence-electron chi connectivity index (χ4n) is 2.44. The fourth-order valence-corrected chi connectivity index (χ4v) is 3.63. The van der Waals surface area contributed by atoms with E-state index in [1.54, 1.807) is 6.07 Å². The van der Waals surface area contributed by atoms with Gasteiger partial charge in [0.2, 0.25) is 0 Å². The molecule has 7 nitrogen and oxygen atoms in total. The Kier molecular flexibility index (Phi) is 6.23. The van der Waals surface area contributed by atoms with Gasteiger partial charge in [0.25, 0.3) is 0 Å². The van der Waals surface area contributed by atoms with E-state index in [1.165, 1.54) is 30.0 Å². The molecule has 0 aliphatic rings. The molecule has 28 heavy (non-hydrogen) atoms. The van der Waals surface area contributed by atoms with E-state index in [0.29, 0.717) is 27.4 Å². The van der Waals surface area contributed by atoms with E-state index in [9.17, 15) is 14.8 Å². The van der Waals surface area contributed by atoms with Gasteiger partial charge in [-0.15, -0.1) is 4.91 Å². The molecule has 1 heterocycles. The molecule has 0 amide bonds. The zero-order valence-corrected chi connectivity index (χ0v) is 16.3. The SMILES string of the molecule is Cc1cc(Nc2cc(N=O)ccc2C(=O)O)nc(SCc2ccccc2Cl)n1. The van der Waals surface area contributed by atoms with E-state index >= 15 is 0 Å². The molecule has 0 radical (unpaired) electrons. The van der Waals surface area contributed by atoms with Crippen molar-refractivity contribution in [2.24, 2.45) is 5.18 Å². The van der Waals surface area contributed by atoms with Crippen LogP contribution in [0.25, 0.3) is 0 Å². The van der Waals surface area contributed by atoms with E-state index in [4.69, 9.17) is 11.6 Å². The van der Waals surface area contributed by atoms with Crippen molar-refractivity contribution in [3.05, 3.63) is 75.3 Å². The summed E-state index contributed by atoms with van der Waals surface area (Å²) in [5.74, 6) is -0.119. The van der Waals surface area contributed by atoms with Gasteiger partial charge in [0.05, 0.1) is 11.3 Å². The standard InChI is InChI=1S/C19H15ClN4O3S/c1-11-8-17(22-16-9-13(24-27)6-7-14(16)18(25)26)23-19(21-11)28-10-12-4-2-3-5-15(12)20/h2-9H,10H2,1H3,(H,25,26)(H,21,22,23). The first-order valence-corrected chi connectivity index (χ1v) is 9.52. The second-order valence-corrected chi connectivity index (χ2v) is 7.16. The van der Waals surface area contributed by atoms with E-state index in [-0.39, 0.29) is 16.9 Å². The lowest BCUT2D eigenvalue weighted by Crippen LogP contribution is -2.04. The van der Waals surface area contributed by atoms with Crippen molar-refractivity contribution < 1.29 is 9.90 Å². The zero-order chi connectivity index (χ0) is 20.1. The van der Waals surface area contributed by atoms with Crippen LogP contribution in [0.15, 0.2) is 58.9 Å². The van der Waals surface area contributed by atoms with Crippen LogP contribution in [0.4, 0.5) is 17.2 Å². The van der Waals surface area contributed by atoms with Gasteiger partial charge in [-0.3, -0.25) is 0 Å². The Labute approximate surface area is 170 Å². The molecule has 2 aromatic carbocycles. The van der Waals surface area contributed by atoms with Crippen LogP contribution in [0.1, 0.15) is 21.6 Å². The quantitative estimate of drug-likeness (QED) is 0.295. The van der Waals surface area contributed by atoms with Gasteiger partial charge in [-0.1, -0.05) is 41.6 Å². The van der Waals surface area contributed by atoms with Crippen molar-refractivity contribution in [2.75, 3.05) is 5.32 Å². The molecule has 0 spiro atoms. The van der Waals surface area contributed by atoms with E-state index in [1.807, 2.05) is 31.2 Å². The molecule has 0 saturated heterocycles. The van der Waals surface area contributed by atoms with E-state index in [2.05, 4.69) is 20.5 Å². The van der Waals surface area contributed by atoms with Crippen molar-refractivity contribution in [3.8, 4) is 0 Å². The third-order valence-electron chi connectivity index (χ3n) is 3.75. The summed E-state index contributed by atoms with van der Waals surface area (Å²) in [6.45, 7) is 1.81. The number of nitroso groups, excluding NO2 is 1. The predicted molar refractivity (Wildman–Crippen MR) is 110 cm³/mol. The Hall–Kier alpha value is -2.97. The summed E-state index contributed by atoms with van der Waals surface area (Å²) in [6, 6.07) is 13.2. The Morgan fingerprint density at radius 1 is 1.21 bits per heavy atom. The number of aromatic carboxylic acids is 1. The van der Waals surface area contributed by atoms with Crippen molar-refractivity contribution in [1.82, 2.24) is 9.97 Å². The predicted octanol–water partition coefficient (Wildman–Crippen LogP) is 5.57. The molecule has 3 aromatic rings. The average Bonchev–Trinajstić information content (AvgIpc) is 2.66. The molecular weight excluding hydrogens is 400 g/mol. The van der Waals surface area contributed by atoms with Crippen molar-refractivity contribution in [2.45, 2.75) is 17.8 Å². The Bertz CT molecular complexity index is 1050. The Morgan fingerprint density at radius 3 is 2.71 bits per heavy atom. The molecule has 9 heteroatoms. The van der Waals surface area contributed by atoms with Gasteiger partial charge in [-0.05, 0) is 41.9 Å². The number of carbonyl (C=O) groups is 1. The summed E-state index contributed by atoms with van der Waals surface area (Å²) < 4.78 is 0. The largest absolute Gasteiger partial charge is 0.478 e. The van der Waals surface area contributed by atoms with Crippen LogP contribution in [-0.2, 0) is 5.75 Å². The number of anilines is 2. The topological polar surface area (TPSA) is 105 Å². The number of carboxylic acid groups (broad SMARTS) is 1. The molecule has 0 atom stereocenters. The first-order chi connectivity index (χ1) is 13.5. The summed E-state index contributed by atoms with van der Waals surface area (Å²) in [5, 5.41) is 16.3. The average molecular weight is 415 g/mol. The molecule has 0 saturated carbocycles. The van der Waals surface area contributed by atoms with Crippen LogP contribution in [0.5, 0.6) is 0 Å². The summed E-state index contributed by atoms with van der Waals surface area (Å²) in [4.78, 5) is 31.0. The third kappa shape index (κ3) is 4.85. The second kappa shape index (κ2) is 8.81. The van der Waals surface area contributed by atoms with Crippen molar-refractivity contribution in [1.29, 1.82) is 0 Å². The molecule has 3 rings (SSSR count). The van der Waals surface area contributed by atoms with Gasteiger partial charge in [0.15, 0.2) is 5.16 Å². The highest BCUT2D eigenvalue weighted by molar-refractivity contribution is 7.98. The van der Waals surface area contributed by atoms with Crippen LogP contribution < -0.4 is 5.32 Å². The van der Waals surface area contributed by atoms with Gasteiger partial charge in [0.1, 0.15) is 11.5 Å². The van der Waals surface area contributed by atoms with Crippen molar-refractivity contribution in [3.63, 3.8) is 0 Å². The number of thioether (sulfide) groups is 1. The van der Waals surface area contributed by atoms with Gasteiger partial charge in [0, 0.05) is 22.5 Å². The van der Waals surface area contributed by atoms with Gasteiger partial charge in [-0.2, -0.15) is 0 Å². The minimum absolute atomic E-state index is 0.00827. The van der Waals surface area contributed by atoms with Crippen LogP contribution in [0.3, 0.4) is 0 Å². The third-order valence-corrected chi connectivity index (χ3v) is 5.01. The summed E-state index contributed by atoms with van der Waals surface area (Å²) in [5.41, 5.74) is 2.03. The maximum absolute atomic E-state index is 11.4. The number of benzene rings is 2. The number of hydrogen-bond donors (Lipinski definition) is 2. The molecule has 142 valence electrons. The lowest BCUT2D eigenvalue weighted by Gasteiger charge is -2.11. The smallest absolute Gasteiger partial charge is 0.337 e. The number of aromatic nitrogens is 2. The number of nitrogens with zero attached hydrogens (tertiary/aromatic N) is 3.